The standard InChI is InChI=1S/C12H20N2OS/c1-3-11-7-14-12(16-11)9(2)13-6-10-4-5-15-8-10/h7,9-10,13H,3-6,8H2,1-2H3. The molecule has 2 unspecified atom stereocenters. The highest BCUT2D eigenvalue weighted by Gasteiger charge is 2.17. The highest BCUT2D eigenvalue weighted by atomic mass is 32.1. The number of hydrogen-bond donors (Lipinski definition) is 1. The summed E-state index contributed by atoms with van der Waals surface area (Å²) in [5.41, 5.74) is 0. The lowest BCUT2D eigenvalue weighted by Gasteiger charge is -2.14. The Morgan fingerprint density at radius 1 is 1.69 bits per heavy atom. The van der Waals surface area contributed by atoms with Gasteiger partial charge in [0.15, 0.2) is 0 Å². The summed E-state index contributed by atoms with van der Waals surface area (Å²) >= 11 is 1.82. The predicted molar refractivity (Wildman–Crippen MR) is 66.8 cm³/mol. The minimum atomic E-state index is 0.367. The Morgan fingerprint density at radius 3 is 3.19 bits per heavy atom. The molecule has 1 aromatic rings. The van der Waals surface area contributed by atoms with E-state index in [2.05, 4.69) is 24.1 Å². The Hall–Kier alpha value is -0.450. The van der Waals surface area contributed by atoms with Gasteiger partial charge in [-0.3, -0.25) is 0 Å². The summed E-state index contributed by atoms with van der Waals surface area (Å²) in [4.78, 5) is 5.83. The number of nitrogens with zero attached hydrogens (tertiary/aromatic N) is 1. The van der Waals surface area contributed by atoms with Crippen molar-refractivity contribution < 1.29 is 4.74 Å². The van der Waals surface area contributed by atoms with E-state index in [9.17, 15) is 0 Å². The number of ether oxygens (including phenoxy) is 1. The van der Waals surface area contributed by atoms with Crippen LogP contribution < -0.4 is 5.32 Å². The second kappa shape index (κ2) is 5.75. The van der Waals surface area contributed by atoms with Gasteiger partial charge in [0.1, 0.15) is 5.01 Å². The molecule has 0 radical (unpaired) electrons. The van der Waals surface area contributed by atoms with Gasteiger partial charge in [-0.15, -0.1) is 11.3 Å². The fraction of sp³-hybridized carbons (Fsp3) is 0.750. The first kappa shape index (κ1) is 12.0. The van der Waals surface area contributed by atoms with Crippen LogP contribution in [-0.4, -0.2) is 24.7 Å². The molecular weight excluding hydrogens is 220 g/mol. The van der Waals surface area contributed by atoms with Crippen molar-refractivity contribution in [2.75, 3.05) is 19.8 Å². The zero-order valence-corrected chi connectivity index (χ0v) is 10.8. The Morgan fingerprint density at radius 2 is 2.56 bits per heavy atom. The molecule has 0 aromatic carbocycles. The fourth-order valence-electron chi connectivity index (χ4n) is 1.86. The predicted octanol–water partition coefficient (Wildman–Crippen LogP) is 2.39. The molecule has 0 amide bonds. The molecule has 1 fully saturated rings. The van der Waals surface area contributed by atoms with Gasteiger partial charge in [-0.1, -0.05) is 6.92 Å². The zero-order valence-electron chi connectivity index (χ0n) is 10.0. The number of thiazole rings is 1. The van der Waals surface area contributed by atoms with Crippen LogP contribution in [0, 0.1) is 5.92 Å². The van der Waals surface area contributed by atoms with Crippen LogP contribution in [0.5, 0.6) is 0 Å². The van der Waals surface area contributed by atoms with Crippen molar-refractivity contribution in [3.8, 4) is 0 Å². The van der Waals surface area contributed by atoms with E-state index in [1.54, 1.807) is 0 Å². The third-order valence-corrected chi connectivity index (χ3v) is 4.35. The summed E-state index contributed by atoms with van der Waals surface area (Å²) in [6.45, 7) is 7.25. The number of nitrogens with one attached hydrogen (secondary N) is 1. The van der Waals surface area contributed by atoms with Crippen LogP contribution >= 0.6 is 11.3 Å². The van der Waals surface area contributed by atoms with E-state index >= 15 is 0 Å². The van der Waals surface area contributed by atoms with Crippen molar-refractivity contribution in [1.29, 1.82) is 0 Å². The van der Waals surface area contributed by atoms with Crippen LogP contribution in [0.25, 0.3) is 0 Å². The molecule has 0 bridgehead atoms. The average Bonchev–Trinajstić information content (AvgIpc) is 2.96. The number of rotatable bonds is 5. The second-order valence-corrected chi connectivity index (χ2v) is 5.52. The SMILES string of the molecule is CCc1cnc(C(C)NCC2CCOC2)s1. The van der Waals surface area contributed by atoms with Gasteiger partial charge in [-0.05, 0) is 25.7 Å². The van der Waals surface area contributed by atoms with Crippen LogP contribution in [0.4, 0.5) is 0 Å². The molecule has 0 saturated carbocycles. The van der Waals surface area contributed by atoms with Gasteiger partial charge in [0.2, 0.25) is 0 Å². The number of aryl methyl sites for hydroxylation is 1. The smallest absolute Gasteiger partial charge is 0.109 e. The van der Waals surface area contributed by atoms with Crippen molar-refractivity contribution in [1.82, 2.24) is 10.3 Å². The first-order valence-corrected chi connectivity index (χ1v) is 6.87. The third-order valence-electron chi connectivity index (χ3n) is 3.03. The molecule has 90 valence electrons. The molecule has 1 aromatic heterocycles. The molecule has 1 saturated heterocycles. The van der Waals surface area contributed by atoms with Crippen molar-refractivity contribution in [2.45, 2.75) is 32.7 Å². The van der Waals surface area contributed by atoms with Gasteiger partial charge in [-0.2, -0.15) is 0 Å². The summed E-state index contributed by atoms with van der Waals surface area (Å²) in [7, 11) is 0. The number of hydrogen-bond acceptors (Lipinski definition) is 4. The van der Waals surface area contributed by atoms with Gasteiger partial charge >= 0.3 is 0 Å². The minimum absolute atomic E-state index is 0.367. The van der Waals surface area contributed by atoms with Crippen LogP contribution in [0.2, 0.25) is 0 Å². The molecule has 2 rings (SSSR count). The first-order chi connectivity index (χ1) is 7.79. The van der Waals surface area contributed by atoms with Crippen LogP contribution in [-0.2, 0) is 11.2 Å². The van der Waals surface area contributed by atoms with E-state index in [-0.39, 0.29) is 0 Å². The van der Waals surface area contributed by atoms with Crippen molar-refractivity contribution >= 4 is 11.3 Å². The summed E-state index contributed by atoms with van der Waals surface area (Å²) in [6, 6.07) is 0.367. The van der Waals surface area contributed by atoms with Crippen LogP contribution in [0.15, 0.2) is 6.20 Å². The topological polar surface area (TPSA) is 34.2 Å². The zero-order chi connectivity index (χ0) is 11.4. The van der Waals surface area contributed by atoms with E-state index in [4.69, 9.17) is 4.74 Å². The van der Waals surface area contributed by atoms with Gasteiger partial charge in [-0.25, -0.2) is 4.98 Å². The molecule has 1 aliphatic heterocycles. The highest BCUT2D eigenvalue weighted by Crippen LogP contribution is 2.21. The van der Waals surface area contributed by atoms with E-state index in [0.717, 1.165) is 26.2 Å². The summed E-state index contributed by atoms with van der Waals surface area (Å²) in [6.07, 6.45) is 4.27. The quantitative estimate of drug-likeness (QED) is 0.858. The Balaban J connectivity index is 1.80. The average molecular weight is 240 g/mol. The van der Waals surface area contributed by atoms with Crippen LogP contribution in [0.3, 0.4) is 0 Å². The fourth-order valence-corrected chi connectivity index (χ4v) is 2.75. The summed E-state index contributed by atoms with van der Waals surface area (Å²) < 4.78 is 5.36. The molecule has 0 spiro atoms. The third kappa shape index (κ3) is 3.03. The van der Waals surface area contributed by atoms with Crippen molar-refractivity contribution in [3.63, 3.8) is 0 Å². The molecule has 16 heavy (non-hydrogen) atoms. The molecule has 3 nitrogen and oxygen atoms in total. The van der Waals surface area contributed by atoms with Gasteiger partial charge in [0.05, 0.1) is 12.6 Å². The largest absolute Gasteiger partial charge is 0.381 e. The molecule has 2 heterocycles. The molecule has 4 heteroatoms. The maximum atomic E-state index is 5.36. The lowest BCUT2D eigenvalue weighted by molar-refractivity contribution is 0.184. The van der Waals surface area contributed by atoms with Gasteiger partial charge in [0, 0.05) is 24.2 Å². The van der Waals surface area contributed by atoms with Gasteiger partial charge < -0.3 is 10.1 Å². The minimum Gasteiger partial charge on any atom is -0.381 e. The Bertz CT molecular complexity index is 321. The highest BCUT2D eigenvalue weighted by molar-refractivity contribution is 7.11. The summed E-state index contributed by atoms with van der Waals surface area (Å²) in [5.74, 6) is 0.688. The monoisotopic (exact) mass is 240 g/mol. The van der Waals surface area contributed by atoms with Crippen LogP contribution in [0.1, 0.15) is 36.2 Å². The maximum Gasteiger partial charge on any atom is 0.109 e. The van der Waals surface area contributed by atoms with E-state index in [0.29, 0.717) is 12.0 Å². The van der Waals surface area contributed by atoms with Crippen molar-refractivity contribution in [2.24, 2.45) is 5.92 Å². The molecule has 1 aliphatic rings. The second-order valence-electron chi connectivity index (χ2n) is 4.38. The molecule has 1 N–H and O–H groups in total. The van der Waals surface area contributed by atoms with E-state index in [1.165, 1.54) is 16.3 Å². The van der Waals surface area contributed by atoms with E-state index in [1.807, 2.05) is 17.5 Å². The normalized spacial score (nSPS) is 22.5. The summed E-state index contributed by atoms with van der Waals surface area (Å²) in [5, 5.41) is 4.75. The molecule has 0 aliphatic carbocycles. The van der Waals surface area contributed by atoms with Gasteiger partial charge in [0.25, 0.3) is 0 Å². The molecule has 2 atom stereocenters. The molecular formula is C12H20N2OS. The number of aromatic nitrogens is 1. The lowest BCUT2D eigenvalue weighted by atomic mass is 10.1. The first-order valence-electron chi connectivity index (χ1n) is 6.05. The lowest BCUT2D eigenvalue weighted by Crippen LogP contribution is -2.25. The maximum absolute atomic E-state index is 5.36. The van der Waals surface area contributed by atoms with E-state index < -0.39 is 0 Å². The Kier molecular flexibility index (Phi) is 4.32. The Labute approximate surface area is 101 Å². The van der Waals surface area contributed by atoms with Crippen molar-refractivity contribution in [3.05, 3.63) is 16.1 Å².